The number of hydrogen-bond acceptors (Lipinski definition) is 4. The van der Waals surface area contributed by atoms with Crippen LogP contribution in [-0.4, -0.2) is 16.5 Å². The zero-order valence-electron chi connectivity index (χ0n) is 10.2. The SMILES string of the molecule is CCCNc1nc(C2CC2C)nc2sccc12. The molecule has 90 valence electrons. The third-order valence-electron chi connectivity index (χ3n) is 3.33. The maximum absolute atomic E-state index is 4.71. The van der Waals surface area contributed by atoms with Gasteiger partial charge >= 0.3 is 0 Å². The normalized spacial score (nSPS) is 22.9. The molecule has 17 heavy (non-hydrogen) atoms. The monoisotopic (exact) mass is 247 g/mol. The van der Waals surface area contributed by atoms with Crippen molar-refractivity contribution in [2.24, 2.45) is 5.92 Å². The molecule has 0 aromatic carbocycles. The van der Waals surface area contributed by atoms with Crippen molar-refractivity contribution in [2.75, 3.05) is 11.9 Å². The minimum Gasteiger partial charge on any atom is -0.369 e. The van der Waals surface area contributed by atoms with Crippen molar-refractivity contribution in [1.82, 2.24) is 9.97 Å². The van der Waals surface area contributed by atoms with Crippen LogP contribution in [0.5, 0.6) is 0 Å². The average molecular weight is 247 g/mol. The van der Waals surface area contributed by atoms with E-state index < -0.39 is 0 Å². The standard InChI is InChI=1S/C13H17N3S/c1-3-5-14-11-9-4-6-17-13(9)16-12(15-11)10-7-8(10)2/h4,6,8,10H,3,5,7H2,1-2H3,(H,14,15,16). The van der Waals surface area contributed by atoms with Gasteiger partial charge in [0.05, 0.1) is 5.39 Å². The molecular formula is C13H17N3S. The van der Waals surface area contributed by atoms with E-state index in [0.717, 1.165) is 35.4 Å². The molecule has 2 heterocycles. The van der Waals surface area contributed by atoms with Crippen molar-refractivity contribution in [3.8, 4) is 0 Å². The van der Waals surface area contributed by atoms with Crippen molar-refractivity contribution in [3.63, 3.8) is 0 Å². The van der Waals surface area contributed by atoms with Crippen LogP contribution in [0.4, 0.5) is 5.82 Å². The van der Waals surface area contributed by atoms with Gasteiger partial charge < -0.3 is 5.32 Å². The second kappa shape index (κ2) is 4.26. The maximum Gasteiger partial charge on any atom is 0.138 e. The van der Waals surface area contributed by atoms with Gasteiger partial charge in [-0.05, 0) is 30.2 Å². The van der Waals surface area contributed by atoms with E-state index in [9.17, 15) is 0 Å². The van der Waals surface area contributed by atoms with E-state index in [2.05, 4.69) is 35.6 Å². The topological polar surface area (TPSA) is 37.8 Å². The first kappa shape index (κ1) is 11.0. The van der Waals surface area contributed by atoms with Gasteiger partial charge in [-0.2, -0.15) is 0 Å². The first-order valence-corrected chi connectivity index (χ1v) is 7.16. The minimum absolute atomic E-state index is 0.587. The summed E-state index contributed by atoms with van der Waals surface area (Å²) in [4.78, 5) is 10.5. The Balaban J connectivity index is 2.01. The molecule has 2 atom stereocenters. The van der Waals surface area contributed by atoms with Gasteiger partial charge in [-0.1, -0.05) is 13.8 Å². The van der Waals surface area contributed by atoms with E-state index in [1.54, 1.807) is 11.3 Å². The molecule has 0 amide bonds. The van der Waals surface area contributed by atoms with Gasteiger partial charge in [-0.25, -0.2) is 9.97 Å². The van der Waals surface area contributed by atoms with Crippen molar-refractivity contribution < 1.29 is 0 Å². The molecule has 2 aromatic rings. The van der Waals surface area contributed by atoms with Crippen LogP contribution >= 0.6 is 11.3 Å². The second-order valence-corrected chi connectivity index (χ2v) is 5.71. The summed E-state index contributed by atoms with van der Waals surface area (Å²) in [5, 5.41) is 6.68. The highest BCUT2D eigenvalue weighted by molar-refractivity contribution is 7.16. The molecule has 1 N–H and O–H groups in total. The van der Waals surface area contributed by atoms with Crippen LogP contribution in [0.15, 0.2) is 11.4 Å². The molecule has 3 nitrogen and oxygen atoms in total. The Morgan fingerprint density at radius 3 is 3.00 bits per heavy atom. The molecule has 2 unspecified atom stereocenters. The Morgan fingerprint density at radius 1 is 1.47 bits per heavy atom. The van der Waals surface area contributed by atoms with Crippen LogP contribution in [0, 0.1) is 5.92 Å². The molecule has 1 saturated carbocycles. The highest BCUT2D eigenvalue weighted by atomic mass is 32.1. The van der Waals surface area contributed by atoms with E-state index in [0.29, 0.717) is 5.92 Å². The molecular weight excluding hydrogens is 230 g/mol. The van der Waals surface area contributed by atoms with Crippen LogP contribution in [0.25, 0.3) is 10.2 Å². The van der Waals surface area contributed by atoms with Crippen LogP contribution in [-0.2, 0) is 0 Å². The van der Waals surface area contributed by atoms with Crippen LogP contribution in [0.3, 0.4) is 0 Å². The van der Waals surface area contributed by atoms with Gasteiger partial charge in [-0.3, -0.25) is 0 Å². The smallest absolute Gasteiger partial charge is 0.138 e. The molecule has 0 bridgehead atoms. The Labute approximate surface area is 105 Å². The Hall–Kier alpha value is -1.16. The Kier molecular flexibility index (Phi) is 2.74. The largest absolute Gasteiger partial charge is 0.369 e. The number of nitrogens with zero attached hydrogens (tertiary/aromatic N) is 2. The molecule has 3 rings (SSSR count). The summed E-state index contributed by atoms with van der Waals surface area (Å²) < 4.78 is 0. The number of fused-ring (bicyclic) bond motifs is 1. The summed E-state index contributed by atoms with van der Waals surface area (Å²) in [7, 11) is 0. The van der Waals surface area contributed by atoms with E-state index >= 15 is 0 Å². The van der Waals surface area contributed by atoms with E-state index in [-0.39, 0.29) is 0 Å². The van der Waals surface area contributed by atoms with Crippen molar-refractivity contribution in [3.05, 3.63) is 17.3 Å². The van der Waals surface area contributed by atoms with Gasteiger partial charge in [0.1, 0.15) is 16.5 Å². The predicted molar refractivity (Wildman–Crippen MR) is 72.7 cm³/mol. The third-order valence-corrected chi connectivity index (χ3v) is 4.13. The van der Waals surface area contributed by atoms with Gasteiger partial charge in [0, 0.05) is 12.5 Å². The third kappa shape index (κ3) is 2.02. The summed E-state index contributed by atoms with van der Waals surface area (Å²) in [6.07, 6.45) is 2.36. The molecule has 0 radical (unpaired) electrons. The van der Waals surface area contributed by atoms with Gasteiger partial charge in [0.15, 0.2) is 0 Å². The van der Waals surface area contributed by atoms with Crippen LogP contribution < -0.4 is 5.32 Å². The zero-order chi connectivity index (χ0) is 11.8. The fraction of sp³-hybridized carbons (Fsp3) is 0.538. The van der Waals surface area contributed by atoms with E-state index in [1.807, 2.05) is 0 Å². The lowest BCUT2D eigenvalue weighted by Crippen LogP contribution is -2.05. The first-order valence-electron chi connectivity index (χ1n) is 6.28. The lowest BCUT2D eigenvalue weighted by atomic mass is 10.3. The van der Waals surface area contributed by atoms with Crippen molar-refractivity contribution in [2.45, 2.75) is 32.6 Å². The minimum atomic E-state index is 0.587. The summed E-state index contributed by atoms with van der Waals surface area (Å²) in [5.74, 6) is 3.40. The van der Waals surface area contributed by atoms with Gasteiger partial charge in [-0.15, -0.1) is 11.3 Å². The molecule has 1 aliphatic rings. The number of aromatic nitrogens is 2. The Morgan fingerprint density at radius 2 is 2.29 bits per heavy atom. The average Bonchev–Trinajstić information content (AvgIpc) is 2.88. The lowest BCUT2D eigenvalue weighted by molar-refractivity contribution is 0.850. The quantitative estimate of drug-likeness (QED) is 0.896. The fourth-order valence-electron chi connectivity index (χ4n) is 2.10. The molecule has 2 aromatic heterocycles. The molecule has 0 saturated heterocycles. The molecule has 4 heteroatoms. The molecule has 1 fully saturated rings. The van der Waals surface area contributed by atoms with E-state index in [1.165, 1.54) is 11.8 Å². The van der Waals surface area contributed by atoms with Crippen LogP contribution in [0.2, 0.25) is 0 Å². The summed E-state index contributed by atoms with van der Waals surface area (Å²) >= 11 is 1.70. The molecule has 0 aliphatic heterocycles. The highest BCUT2D eigenvalue weighted by Gasteiger charge is 2.37. The first-order chi connectivity index (χ1) is 8.29. The highest BCUT2D eigenvalue weighted by Crippen LogP contribution is 2.46. The Bertz CT molecular complexity index is 534. The predicted octanol–water partition coefficient (Wildman–Crippen LogP) is 3.64. The maximum atomic E-state index is 4.71. The number of rotatable bonds is 4. The number of hydrogen-bond donors (Lipinski definition) is 1. The van der Waals surface area contributed by atoms with Crippen LogP contribution in [0.1, 0.15) is 38.4 Å². The summed E-state index contributed by atoms with van der Waals surface area (Å²) in [6.45, 7) is 5.41. The second-order valence-electron chi connectivity index (χ2n) is 4.82. The number of anilines is 1. The van der Waals surface area contributed by atoms with Crippen molar-refractivity contribution in [1.29, 1.82) is 0 Å². The summed E-state index contributed by atoms with van der Waals surface area (Å²) in [5.41, 5.74) is 0. The zero-order valence-corrected chi connectivity index (χ0v) is 11.0. The molecule has 0 spiro atoms. The summed E-state index contributed by atoms with van der Waals surface area (Å²) in [6, 6.07) is 2.11. The fourth-order valence-corrected chi connectivity index (χ4v) is 2.87. The lowest BCUT2D eigenvalue weighted by Gasteiger charge is -2.07. The van der Waals surface area contributed by atoms with E-state index in [4.69, 9.17) is 4.98 Å². The number of nitrogens with one attached hydrogen (secondary N) is 1. The number of thiophene rings is 1. The van der Waals surface area contributed by atoms with Gasteiger partial charge in [0.25, 0.3) is 0 Å². The van der Waals surface area contributed by atoms with Crippen molar-refractivity contribution >= 4 is 27.4 Å². The van der Waals surface area contributed by atoms with Gasteiger partial charge in [0.2, 0.25) is 0 Å². The molecule has 1 aliphatic carbocycles.